The average molecular weight is 517 g/mol. The molecule has 4 nitrogen and oxygen atoms in total. The van der Waals surface area contributed by atoms with E-state index in [9.17, 15) is 8.78 Å². The average Bonchev–Trinajstić information content (AvgIpc) is 2.77. The van der Waals surface area contributed by atoms with Gasteiger partial charge in [0, 0.05) is 53.6 Å². The molecule has 1 heterocycles. The van der Waals surface area contributed by atoms with E-state index in [1.165, 1.54) is 19.1 Å². The highest BCUT2D eigenvalue weighted by Crippen LogP contribution is 2.38. The van der Waals surface area contributed by atoms with Crippen molar-refractivity contribution in [2.24, 2.45) is 0 Å². The second kappa shape index (κ2) is 10.1. The first-order chi connectivity index (χ1) is 16.9. The van der Waals surface area contributed by atoms with E-state index in [0.29, 0.717) is 31.6 Å². The van der Waals surface area contributed by atoms with Crippen LogP contribution in [0.3, 0.4) is 0 Å². The monoisotopic (exact) mass is 516 g/mol. The van der Waals surface area contributed by atoms with Crippen LogP contribution in [0.15, 0.2) is 36.7 Å². The van der Waals surface area contributed by atoms with Crippen LogP contribution in [-0.2, 0) is 17.6 Å². The maximum atomic E-state index is 15.3. The fraction of sp³-hybridized carbons (Fsp3) is 0.464. The van der Waals surface area contributed by atoms with Crippen molar-refractivity contribution in [3.63, 3.8) is 0 Å². The van der Waals surface area contributed by atoms with Crippen LogP contribution in [-0.4, -0.2) is 25.4 Å². The van der Waals surface area contributed by atoms with Gasteiger partial charge in [0.15, 0.2) is 8.32 Å². The minimum Gasteiger partial charge on any atom is -0.490 e. The molecule has 36 heavy (non-hydrogen) atoms. The minimum absolute atomic E-state index is 0.0162. The Kier molecular flexibility index (Phi) is 7.51. The van der Waals surface area contributed by atoms with Crippen LogP contribution >= 0.6 is 0 Å². The highest BCUT2D eigenvalue weighted by Gasteiger charge is 2.37. The van der Waals surface area contributed by atoms with Crippen LogP contribution in [0.4, 0.5) is 13.2 Å². The summed E-state index contributed by atoms with van der Waals surface area (Å²) < 4.78 is 54.9. The zero-order chi connectivity index (χ0) is 26.3. The molecule has 0 amide bonds. The summed E-state index contributed by atoms with van der Waals surface area (Å²) >= 11 is 0. The summed E-state index contributed by atoms with van der Waals surface area (Å²) in [5.41, 5.74) is 1.38. The summed E-state index contributed by atoms with van der Waals surface area (Å²) in [6.45, 7) is 13.0. The molecule has 8 heteroatoms. The van der Waals surface area contributed by atoms with Crippen molar-refractivity contribution in [3.8, 4) is 5.75 Å². The topological polar surface area (TPSA) is 43.4 Å². The molecule has 2 aromatic carbocycles. The third-order valence-electron chi connectivity index (χ3n) is 7.70. The molecule has 0 atom stereocenters. The standard InChI is InChI=1S/C28H35F3N2O2Si/c1-17-25(29)12-21(13-26(17)30)35-20-10-19(11-20)33-15-24-22-7-8-32-14-23(22)18(9-27(24)31)16-34-36(5,6)28(2,3)4/h7-9,12-14,19-20,33H,10-11,15-16H2,1-6H3/t19-,20-. The first-order valence-electron chi connectivity index (χ1n) is 12.4. The third-order valence-corrected chi connectivity index (χ3v) is 12.2. The summed E-state index contributed by atoms with van der Waals surface area (Å²) in [5.74, 6) is -1.31. The molecule has 4 rings (SSSR count). The number of benzene rings is 2. The summed E-state index contributed by atoms with van der Waals surface area (Å²) in [7, 11) is -1.99. The van der Waals surface area contributed by atoms with Crippen LogP contribution in [0.2, 0.25) is 18.1 Å². The third kappa shape index (κ3) is 5.60. The zero-order valence-corrected chi connectivity index (χ0v) is 22.8. The van der Waals surface area contributed by atoms with Gasteiger partial charge in [-0.3, -0.25) is 4.98 Å². The molecule has 0 bridgehead atoms. The van der Waals surface area contributed by atoms with Crippen LogP contribution in [0, 0.1) is 24.4 Å². The van der Waals surface area contributed by atoms with Gasteiger partial charge in [-0.25, -0.2) is 13.2 Å². The molecule has 0 saturated heterocycles. The lowest BCUT2D eigenvalue weighted by molar-refractivity contribution is 0.0836. The van der Waals surface area contributed by atoms with Crippen LogP contribution in [0.25, 0.3) is 10.8 Å². The number of nitrogens with one attached hydrogen (secondary N) is 1. The van der Waals surface area contributed by atoms with Gasteiger partial charge in [-0.05, 0) is 61.0 Å². The molecule has 3 aromatic rings. The first kappa shape index (κ1) is 26.6. The van der Waals surface area contributed by atoms with Crippen molar-refractivity contribution in [1.82, 2.24) is 10.3 Å². The number of aromatic nitrogens is 1. The number of hydrogen-bond acceptors (Lipinski definition) is 4. The summed E-state index contributed by atoms with van der Waals surface area (Å²) in [6, 6.07) is 5.98. The smallest absolute Gasteiger partial charge is 0.192 e. The van der Waals surface area contributed by atoms with Gasteiger partial charge < -0.3 is 14.5 Å². The van der Waals surface area contributed by atoms with Crippen LogP contribution in [0.1, 0.15) is 50.3 Å². The second-order valence-corrected chi connectivity index (χ2v) is 16.1. The molecule has 1 fully saturated rings. The predicted octanol–water partition coefficient (Wildman–Crippen LogP) is 7.18. The lowest BCUT2D eigenvalue weighted by atomic mass is 9.88. The van der Waals surface area contributed by atoms with Crippen molar-refractivity contribution >= 4 is 19.1 Å². The van der Waals surface area contributed by atoms with Crippen molar-refractivity contribution in [3.05, 3.63) is 70.8 Å². The number of rotatable bonds is 8. The maximum absolute atomic E-state index is 15.3. The molecule has 0 unspecified atom stereocenters. The second-order valence-electron chi connectivity index (χ2n) is 11.3. The maximum Gasteiger partial charge on any atom is 0.192 e. The Morgan fingerprint density at radius 1 is 1.03 bits per heavy atom. The molecule has 1 aromatic heterocycles. The van der Waals surface area contributed by atoms with E-state index >= 15 is 4.39 Å². The molecule has 1 aliphatic rings. The molecule has 1 N–H and O–H groups in total. The van der Waals surface area contributed by atoms with Gasteiger partial charge in [-0.15, -0.1) is 0 Å². The predicted molar refractivity (Wildman–Crippen MR) is 139 cm³/mol. The largest absolute Gasteiger partial charge is 0.490 e. The molecule has 0 spiro atoms. The lowest BCUT2D eigenvalue weighted by Gasteiger charge is -2.36. The Morgan fingerprint density at radius 3 is 2.33 bits per heavy atom. The fourth-order valence-corrected chi connectivity index (χ4v) is 5.04. The Hall–Kier alpha value is -2.42. The van der Waals surface area contributed by atoms with Gasteiger partial charge in [0.2, 0.25) is 0 Å². The Balaban J connectivity index is 1.40. The van der Waals surface area contributed by atoms with Gasteiger partial charge in [0.25, 0.3) is 0 Å². The quantitative estimate of drug-likeness (QED) is 0.322. The summed E-state index contributed by atoms with van der Waals surface area (Å²) in [6.07, 6.45) is 4.67. The number of hydrogen-bond donors (Lipinski definition) is 1. The minimum atomic E-state index is -1.99. The normalized spacial score (nSPS) is 18.4. The summed E-state index contributed by atoms with van der Waals surface area (Å²) in [4.78, 5) is 4.27. The van der Waals surface area contributed by atoms with E-state index in [2.05, 4.69) is 44.2 Å². The molecule has 194 valence electrons. The molecule has 0 aliphatic heterocycles. The SMILES string of the molecule is Cc1c(F)cc(O[C@H]2C[C@H](NCc3c(F)cc(CO[Si](C)(C)C(C)(C)C)c4cnccc34)C2)cc1F. The Morgan fingerprint density at radius 2 is 1.69 bits per heavy atom. The lowest BCUT2D eigenvalue weighted by Crippen LogP contribution is -2.46. The van der Waals surface area contributed by atoms with Gasteiger partial charge in [-0.1, -0.05) is 20.8 Å². The van der Waals surface area contributed by atoms with Gasteiger partial charge in [0.1, 0.15) is 29.3 Å². The van der Waals surface area contributed by atoms with E-state index in [-0.39, 0.29) is 34.3 Å². The number of halogens is 3. The van der Waals surface area contributed by atoms with E-state index < -0.39 is 20.0 Å². The molecule has 0 radical (unpaired) electrons. The zero-order valence-electron chi connectivity index (χ0n) is 21.8. The van der Waals surface area contributed by atoms with E-state index in [1.807, 2.05) is 6.07 Å². The van der Waals surface area contributed by atoms with Crippen LogP contribution in [0.5, 0.6) is 5.75 Å². The van der Waals surface area contributed by atoms with Gasteiger partial charge >= 0.3 is 0 Å². The molecular formula is C28H35F3N2O2Si. The van der Waals surface area contributed by atoms with Crippen molar-refractivity contribution in [2.75, 3.05) is 0 Å². The summed E-state index contributed by atoms with van der Waals surface area (Å²) in [5, 5.41) is 5.18. The highest BCUT2D eigenvalue weighted by atomic mass is 28.4. The van der Waals surface area contributed by atoms with Crippen molar-refractivity contribution in [1.29, 1.82) is 0 Å². The van der Waals surface area contributed by atoms with Crippen molar-refractivity contribution in [2.45, 2.75) is 84.0 Å². The number of ether oxygens (including phenoxy) is 1. The van der Waals surface area contributed by atoms with E-state index in [4.69, 9.17) is 9.16 Å². The van der Waals surface area contributed by atoms with Gasteiger partial charge in [-0.2, -0.15) is 0 Å². The highest BCUT2D eigenvalue weighted by molar-refractivity contribution is 6.74. The molecule has 1 saturated carbocycles. The van der Waals surface area contributed by atoms with Gasteiger partial charge in [0.05, 0.1) is 6.61 Å². The molecule has 1 aliphatic carbocycles. The number of pyridine rings is 1. The Bertz CT molecular complexity index is 1230. The van der Waals surface area contributed by atoms with E-state index in [0.717, 1.165) is 16.3 Å². The fourth-order valence-electron chi connectivity index (χ4n) is 4.09. The number of fused-ring (bicyclic) bond motifs is 1. The van der Waals surface area contributed by atoms with E-state index in [1.54, 1.807) is 18.5 Å². The first-order valence-corrected chi connectivity index (χ1v) is 15.3. The van der Waals surface area contributed by atoms with Crippen molar-refractivity contribution < 1.29 is 22.3 Å². The Labute approximate surface area is 212 Å². The van der Waals surface area contributed by atoms with Crippen LogP contribution < -0.4 is 10.1 Å². The molecular weight excluding hydrogens is 481 g/mol. The number of nitrogens with zero attached hydrogens (tertiary/aromatic N) is 1.